The van der Waals surface area contributed by atoms with Crippen molar-refractivity contribution in [3.63, 3.8) is 0 Å². The summed E-state index contributed by atoms with van der Waals surface area (Å²) < 4.78 is 1.80. The van der Waals surface area contributed by atoms with E-state index in [0.717, 1.165) is 29.7 Å². The summed E-state index contributed by atoms with van der Waals surface area (Å²) in [5.41, 5.74) is 2.70. The van der Waals surface area contributed by atoms with Crippen molar-refractivity contribution >= 4 is 46.8 Å². The highest BCUT2D eigenvalue weighted by Gasteiger charge is 2.25. The van der Waals surface area contributed by atoms with Crippen molar-refractivity contribution in [2.24, 2.45) is 5.92 Å². The van der Waals surface area contributed by atoms with E-state index in [2.05, 4.69) is 25.9 Å². The molecule has 0 bridgehead atoms. The number of aromatic nitrogens is 4. The lowest BCUT2D eigenvalue weighted by Gasteiger charge is -2.27. The molecule has 230 valence electrons. The van der Waals surface area contributed by atoms with Gasteiger partial charge in [0.15, 0.2) is 0 Å². The minimum atomic E-state index is -0.977. The van der Waals surface area contributed by atoms with Gasteiger partial charge in [0.05, 0.1) is 11.3 Å². The van der Waals surface area contributed by atoms with Gasteiger partial charge in [0.25, 0.3) is 0 Å². The molecule has 1 amide bonds. The van der Waals surface area contributed by atoms with Crippen molar-refractivity contribution in [1.29, 1.82) is 0 Å². The molecule has 0 aliphatic heterocycles. The van der Waals surface area contributed by atoms with E-state index in [9.17, 15) is 14.7 Å². The molecule has 1 fully saturated rings. The minimum Gasteiger partial charge on any atom is -0.478 e. The number of imidazole rings is 1. The zero-order chi connectivity index (χ0) is 31.1. The molecule has 0 spiro atoms. The molecule has 0 unspecified atom stereocenters. The molecule has 2 aromatic heterocycles. The molecular formula is C32H35Cl2N7O3. The Kier molecular flexibility index (Phi) is 10.3. The van der Waals surface area contributed by atoms with Crippen molar-refractivity contribution in [1.82, 2.24) is 24.8 Å². The number of halogens is 2. The Hall–Kier alpha value is -4.15. The third-order valence-corrected chi connectivity index (χ3v) is 8.33. The number of aromatic carboxylic acids is 1. The fourth-order valence-corrected chi connectivity index (χ4v) is 5.82. The molecule has 10 nitrogen and oxygen atoms in total. The summed E-state index contributed by atoms with van der Waals surface area (Å²) in [6, 6.07) is 13.1. The third kappa shape index (κ3) is 8.48. The van der Waals surface area contributed by atoms with Gasteiger partial charge in [-0.1, -0.05) is 73.5 Å². The average molecular weight is 637 g/mol. The smallest absolute Gasteiger partial charge is 0.335 e. The van der Waals surface area contributed by atoms with Gasteiger partial charge in [-0.15, -0.1) is 0 Å². The van der Waals surface area contributed by atoms with Crippen LogP contribution < -0.4 is 16.0 Å². The fourth-order valence-electron chi connectivity index (χ4n) is 5.35. The molecule has 1 aliphatic rings. The van der Waals surface area contributed by atoms with Gasteiger partial charge in [0.2, 0.25) is 11.9 Å². The molecule has 0 saturated heterocycles. The lowest BCUT2D eigenvalue weighted by molar-refractivity contribution is -0.122. The number of carboxylic acids is 1. The summed E-state index contributed by atoms with van der Waals surface area (Å²) in [6.45, 7) is 2.54. The lowest BCUT2D eigenvalue weighted by atomic mass is 9.84. The first kappa shape index (κ1) is 31.3. The molecule has 2 aromatic carbocycles. The number of nitrogens with zero attached hydrogens (tertiary/aromatic N) is 4. The first-order valence-corrected chi connectivity index (χ1v) is 15.4. The summed E-state index contributed by atoms with van der Waals surface area (Å²) >= 11 is 12.4. The first-order chi connectivity index (χ1) is 21.2. The number of carboxylic acid groups (broad SMARTS) is 1. The molecule has 4 N–H and O–H groups in total. The molecular weight excluding hydrogens is 601 g/mol. The summed E-state index contributed by atoms with van der Waals surface area (Å²) in [6.07, 6.45) is 9.94. The van der Waals surface area contributed by atoms with Gasteiger partial charge in [-0.2, -0.15) is 9.97 Å². The van der Waals surface area contributed by atoms with E-state index in [1.807, 2.05) is 19.2 Å². The van der Waals surface area contributed by atoms with Crippen LogP contribution in [-0.4, -0.2) is 42.5 Å². The van der Waals surface area contributed by atoms with Crippen LogP contribution in [0.15, 0.2) is 61.1 Å². The normalized spacial score (nSPS) is 14.2. The first-order valence-electron chi connectivity index (χ1n) is 14.7. The molecule has 1 aliphatic carbocycles. The van der Waals surface area contributed by atoms with E-state index in [1.165, 1.54) is 19.3 Å². The van der Waals surface area contributed by atoms with E-state index < -0.39 is 12.0 Å². The SMILES string of the molecule is Cc1cn(-c2cc(N[C@H](CC3CCCCC3)C(=O)NCc3ccc(Cl)cc3Cl)nc(NCc3ccc(C(=O)O)cc3)n2)cn1. The van der Waals surface area contributed by atoms with Crippen molar-refractivity contribution in [3.8, 4) is 5.82 Å². The van der Waals surface area contributed by atoms with E-state index in [4.69, 9.17) is 28.2 Å². The lowest BCUT2D eigenvalue weighted by Crippen LogP contribution is -2.41. The minimum absolute atomic E-state index is 0.145. The Morgan fingerprint density at radius 2 is 1.80 bits per heavy atom. The summed E-state index contributed by atoms with van der Waals surface area (Å²) in [4.78, 5) is 38.6. The zero-order valence-electron chi connectivity index (χ0n) is 24.4. The number of amides is 1. The van der Waals surface area contributed by atoms with Crippen LogP contribution in [0.4, 0.5) is 11.8 Å². The molecule has 1 saturated carbocycles. The van der Waals surface area contributed by atoms with E-state index >= 15 is 0 Å². The predicted octanol–water partition coefficient (Wildman–Crippen LogP) is 6.66. The molecule has 1 atom stereocenters. The molecule has 4 aromatic rings. The van der Waals surface area contributed by atoms with Crippen molar-refractivity contribution in [2.75, 3.05) is 10.6 Å². The van der Waals surface area contributed by atoms with Gasteiger partial charge >= 0.3 is 5.97 Å². The van der Waals surface area contributed by atoms with Gasteiger partial charge in [-0.25, -0.2) is 9.78 Å². The van der Waals surface area contributed by atoms with E-state index in [1.54, 1.807) is 53.4 Å². The molecule has 12 heteroatoms. The van der Waals surface area contributed by atoms with Crippen molar-refractivity contribution < 1.29 is 14.7 Å². The van der Waals surface area contributed by atoms with Crippen LogP contribution in [-0.2, 0) is 17.9 Å². The number of nitrogens with one attached hydrogen (secondary N) is 3. The van der Waals surface area contributed by atoms with E-state index in [-0.39, 0.29) is 18.0 Å². The summed E-state index contributed by atoms with van der Waals surface area (Å²) in [7, 11) is 0. The number of aryl methyl sites for hydroxylation is 1. The molecule has 44 heavy (non-hydrogen) atoms. The van der Waals surface area contributed by atoms with Crippen LogP contribution in [0.3, 0.4) is 0 Å². The second-order valence-corrected chi connectivity index (χ2v) is 11.9. The Balaban J connectivity index is 1.38. The predicted molar refractivity (Wildman–Crippen MR) is 172 cm³/mol. The monoisotopic (exact) mass is 635 g/mol. The van der Waals surface area contributed by atoms with Crippen LogP contribution >= 0.6 is 23.2 Å². The largest absolute Gasteiger partial charge is 0.478 e. The maximum Gasteiger partial charge on any atom is 0.335 e. The highest BCUT2D eigenvalue weighted by atomic mass is 35.5. The second kappa shape index (κ2) is 14.5. The van der Waals surface area contributed by atoms with Gasteiger partial charge in [-0.3, -0.25) is 9.36 Å². The van der Waals surface area contributed by atoms with Crippen molar-refractivity contribution in [2.45, 2.75) is 64.6 Å². The van der Waals surface area contributed by atoms with Gasteiger partial charge in [-0.05, 0) is 54.7 Å². The number of hydrogen-bond acceptors (Lipinski definition) is 7. The summed E-state index contributed by atoms with van der Waals surface area (Å²) in [5, 5.41) is 19.9. The number of rotatable bonds is 12. The van der Waals surface area contributed by atoms with Crippen LogP contribution in [0, 0.1) is 12.8 Å². The quantitative estimate of drug-likeness (QED) is 0.136. The molecule has 5 rings (SSSR count). The third-order valence-electron chi connectivity index (χ3n) is 7.74. The maximum absolute atomic E-state index is 13.6. The van der Waals surface area contributed by atoms with Gasteiger partial charge in [0, 0.05) is 35.4 Å². The Labute approximate surface area is 266 Å². The molecule has 0 radical (unpaired) electrons. The van der Waals surface area contributed by atoms with Crippen LogP contribution in [0.1, 0.15) is 65.7 Å². The average Bonchev–Trinajstić information content (AvgIpc) is 3.46. The highest BCUT2D eigenvalue weighted by Crippen LogP contribution is 2.29. The fraction of sp³-hybridized carbons (Fsp3) is 0.344. The standard InChI is InChI=1S/C32H35Cl2N7O3/c1-20-18-41(19-37-20)29-15-28(39-32(40-29)36-16-22-7-9-23(10-8-22)31(43)44)38-27(13-21-5-3-2-4-6-21)30(42)35-17-24-11-12-25(33)14-26(24)34/h7-12,14-15,18-19,21,27H,2-6,13,16-17H2,1H3,(H,35,42)(H,43,44)(H2,36,38,39,40)/t27-/m1/s1. The second-order valence-electron chi connectivity index (χ2n) is 11.1. The summed E-state index contributed by atoms with van der Waals surface area (Å²) in [5.74, 6) is 0.726. The number of carbonyl (C=O) groups is 2. The Morgan fingerprint density at radius 3 is 2.48 bits per heavy atom. The van der Waals surface area contributed by atoms with E-state index in [0.29, 0.717) is 46.5 Å². The number of hydrogen-bond donors (Lipinski definition) is 4. The van der Waals surface area contributed by atoms with Crippen LogP contribution in [0.2, 0.25) is 10.0 Å². The topological polar surface area (TPSA) is 134 Å². The Bertz CT molecular complexity index is 1600. The number of carbonyl (C=O) groups excluding carboxylic acids is 1. The highest BCUT2D eigenvalue weighted by molar-refractivity contribution is 6.35. The Morgan fingerprint density at radius 1 is 1.02 bits per heavy atom. The van der Waals surface area contributed by atoms with Crippen molar-refractivity contribution in [3.05, 3.63) is 93.5 Å². The number of benzene rings is 2. The zero-order valence-corrected chi connectivity index (χ0v) is 25.9. The van der Waals surface area contributed by atoms with Crippen LogP contribution in [0.25, 0.3) is 5.82 Å². The van der Waals surface area contributed by atoms with Gasteiger partial charge in [0.1, 0.15) is 24.0 Å². The van der Waals surface area contributed by atoms with Gasteiger partial charge < -0.3 is 21.1 Å². The van der Waals surface area contributed by atoms with Crippen LogP contribution in [0.5, 0.6) is 0 Å². The maximum atomic E-state index is 13.6. The molecule has 2 heterocycles. The number of anilines is 2.